The van der Waals surface area contributed by atoms with Crippen molar-refractivity contribution in [2.24, 2.45) is 5.92 Å². The molecule has 1 aliphatic rings. The number of piperidine rings is 1. The maximum atomic E-state index is 5.45. The Morgan fingerprint density at radius 3 is 2.71 bits per heavy atom. The van der Waals surface area contributed by atoms with E-state index in [9.17, 15) is 0 Å². The molecule has 0 spiro atoms. The smallest absolute Gasteiger partial charge is 0.145 e. The standard InChI is InChI=1S/C25H36N2O/c1-3-4-5-6-7-18-27-19-15-21(16-20-27)10-8-11-22-14-17-26-25-23(22)12-9-13-24(25)28-2/h8-9,11-14,17,21H,3-7,10,15-16,18-20H2,1-2H3. The first-order chi connectivity index (χ1) is 13.8. The van der Waals surface area contributed by atoms with E-state index in [0.29, 0.717) is 0 Å². The van der Waals surface area contributed by atoms with E-state index in [0.717, 1.165) is 22.6 Å². The molecule has 152 valence electrons. The number of methoxy groups -OCH3 is 1. The van der Waals surface area contributed by atoms with Crippen molar-refractivity contribution in [1.29, 1.82) is 0 Å². The Hall–Kier alpha value is -1.87. The third-order valence-electron chi connectivity index (χ3n) is 6.04. The van der Waals surface area contributed by atoms with E-state index in [1.165, 1.54) is 76.6 Å². The molecule has 0 saturated carbocycles. The van der Waals surface area contributed by atoms with Gasteiger partial charge in [-0.05, 0) is 68.9 Å². The summed E-state index contributed by atoms with van der Waals surface area (Å²) in [6.07, 6.45) is 17.3. The highest BCUT2D eigenvalue weighted by atomic mass is 16.5. The van der Waals surface area contributed by atoms with Crippen LogP contribution in [0.5, 0.6) is 5.75 Å². The van der Waals surface area contributed by atoms with Crippen LogP contribution in [-0.2, 0) is 0 Å². The SMILES string of the molecule is CCCCCCCN1CCC(CC=Cc2ccnc3c(OC)cccc23)CC1. The Morgan fingerprint density at radius 1 is 1.11 bits per heavy atom. The Balaban J connectivity index is 1.46. The lowest BCUT2D eigenvalue weighted by Crippen LogP contribution is -2.34. The maximum absolute atomic E-state index is 5.45. The normalized spacial score (nSPS) is 16.2. The number of fused-ring (bicyclic) bond motifs is 1. The molecule has 1 fully saturated rings. The predicted octanol–water partition coefficient (Wildman–Crippen LogP) is 6.33. The lowest BCUT2D eigenvalue weighted by molar-refractivity contribution is 0.182. The molecule has 0 aliphatic carbocycles. The van der Waals surface area contributed by atoms with Crippen LogP contribution in [0.15, 0.2) is 36.5 Å². The zero-order valence-corrected chi connectivity index (χ0v) is 17.7. The molecule has 1 saturated heterocycles. The first kappa shape index (κ1) is 20.9. The number of unbranched alkanes of at least 4 members (excludes halogenated alkanes) is 4. The predicted molar refractivity (Wildman–Crippen MR) is 120 cm³/mol. The Morgan fingerprint density at radius 2 is 1.93 bits per heavy atom. The molecular weight excluding hydrogens is 344 g/mol. The molecule has 3 nitrogen and oxygen atoms in total. The van der Waals surface area contributed by atoms with E-state index in [-0.39, 0.29) is 0 Å². The fourth-order valence-corrected chi connectivity index (χ4v) is 4.25. The number of ether oxygens (including phenoxy) is 1. The van der Waals surface area contributed by atoms with Gasteiger partial charge in [-0.25, -0.2) is 0 Å². The number of hydrogen-bond acceptors (Lipinski definition) is 3. The summed E-state index contributed by atoms with van der Waals surface area (Å²) >= 11 is 0. The second-order valence-electron chi connectivity index (χ2n) is 8.09. The maximum Gasteiger partial charge on any atom is 0.145 e. The second-order valence-corrected chi connectivity index (χ2v) is 8.09. The summed E-state index contributed by atoms with van der Waals surface area (Å²) in [5.41, 5.74) is 2.17. The van der Waals surface area contributed by atoms with Gasteiger partial charge in [0.25, 0.3) is 0 Å². The number of hydrogen-bond donors (Lipinski definition) is 0. The van der Waals surface area contributed by atoms with Crippen LogP contribution in [0.4, 0.5) is 0 Å². The van der Waals surface area contributed by atoms with Gasteiger partial charge in [0.15, 0.2) is 0 Å². The molecule has 0 bridgehead atoms. The van der Waals surface area contributed by atoms with Crippen molar-refractivity contribution in [1.82, 2.24) is 9.88 Å². The summed E-state index contributed by atoms with van der Waals surface area (Å²) in [7, 11) is 1.70. The summed E-state index contributed by atoms with van der Waals surface area (Å²) in [6, 6.07) is 8.24. The lowest BCUT2D eigenvalue weighted by atomic mass is 9.93. The second kappa shape index (κ2) is 11.2. The number of benzene rings is 1. The molecule has 1 aliphatic heterocycles. The Kier molecular flexibility index (Phi) is 8.35. The summed E-state index contributed by atoms with van der Waals surface area (Å²) in [5.74, 6) is 1.67. The van der Waals surface area contributed by atoms with Gasteiger partial charge in [-0.2, -0.15) is 0 Å². The lowest BCUT2D eigenvalue weighted by Gasteiger charge is -2.31. The van der Waals surface area contributed by atoms with E-state index in [2.05, 4.69) is 41.1 Å². The van der Waals surface area contributed by atoms with Gasteiger partial charge in [0.1, 0.15) is 11.3 Å². The molecule has 3 heteroatoms. The van der Waals surface area contributed by atoms with Gasteiger partial charge in [0.2, 0.25) is 0 Å². The van der Waals surface area contributed by atoms with Crippen LogP contribution >= 0.6 is 0 Å². The van der Waals surface area contributed by atoms with E-state index in [4.69, 9.17) is 4.74 Å². The molecule has 3 rings (SSSR count). The summed E-state index contributed by atoms with van der Waals surface area (Å²) in [5, 5.41) is 1.16. The number of rotatable bonds is 10. The highest BCUT2D eigenvalue weighted by Gasteiger charge is 2.17. The minimum Gasteiger partial charge on any atom is -0.494 e. The summed E-state index contributed by atoms with van der Waals surface area (Å²) in [6.45, 7) is 6.15. The average molecular weight is 381 g/mol. The third kappa shape index (κ3) is 5.81. The average Bonchev–Trinajstić information content (AvgIpc) is 2.74. The van der Waals surface area contributed by atoms with Crippen molar-refractivity contribution in [3.8, 4) is 5.75 Å². The van der Waals surface area contributed by atoms with Crippen molar-refractivity contribution in [3.05, 3.63) is 42.1 Å². The highest BCUT2D eigenvalue weighted by Crippen LogP contribution is 2.27. The van der Waals surface area contributed by atoms with Crippen LogP contribution in [0.25, 0.3) is 17.0 Å². The van der Waals surface area contributed by atoms with E-state index in [1.54, 1.807) is 7.11 Å². The van der Waals surface area contributed by atoms with E-state index >= 15 is 0 Å². The molecule has 0 radical (unpaired) electrons. The van der Waals surface area contributed by atoms with Crippen LogP contribution in [-0.4, -0.2) is 36.6 Å². The fraction of sp³-hybridized carbons (Fsp3) is 0.560. The molecule has 2 heterocycles. The highest BCUT2D eigenvalue weighted by molar-refractivity contribution is 5.91. The van der Waals surface area contributed by atoms with Crippen LogP contribution in [0.1, 0.15) is 63.9 Å². The van der Waals surface area contributed by atoms with Gasteiger partial charge >= 0.3 is 0 Å². The van der Waals surface area contributed by atoms with Crippen LogP contribution in [0, 0.1) is 5.92 Å². The van der Waals surface area contributed by atoms with E-state index < -0.39 is 0 Å². The Bertz CT molecular complexity index is 747. The minimum atomic E-state index is 0.829. The third-order valence-corrected chi connectivity index (χ3v) is 6.04. The van der Waals surface area contributed by atoms with Crippen molar-refractivity contribution in [3.63, 3.8) is 0 Å². The quantitative estimate of drug-likeness (QED) is 0.450. The number of para-hydroxylation sites is 1. The van der Waals surface area contributed by atoms with Crippen LogP contribution < -0.4 is 4.74 Å². The van der Waals surface area contributed by atoms with Crippen molar-refractivity contribution in [2.45, 2.75) is 58.3 Å². The number of likely N-dealkylation sites (tertiary alicyclic amines) is 1. The molecule has 28 heavy (non-hydrogen) atoms. The monoisotopic (exact) mass is 380 g/mol. The van der Waals surface area contributed by atoms with Gasteiger partial charge in [0, 0.05) is 11.6 Å². The van der Waals surface area contributed by atoms with Crippen molar-refractivity contribution >= 4 is 17.0 Å². The zero-order valence-electron chi connectivity index (χ0n) is 17.7. The molecule has 1 aromatic heterocycles. The molecule has 0 amide bonds. The van der Waals surface area contributed by atoms with Crippen molar-refractivity contribution < 1.29 is 4.74 Å². The molecule has 2 aromatic rings. The molecular formula is C25H36N2O. The van der Waals surface area contributed by atoms with Gasteiger partial charge in [-0.1, -0.05) is 56.9 Å². The van der Waals surface area contributed by atoms with Gasteiger partial charge in [-0.15, -0.1) is 0 Å². The number of aromatic nitrogens is 1. The van der Waals surface area contributed by atoms with Crippen molar-refractivity contribution in [2.75, 3.05) is 26.7 Å². The number of allylic oxidation sites excluding steroid dienone is 1. The topological polar surface area (TPSA) is 25.4 Å². The largest absolute Gasteiger partial charge is 0.494 e. The number of pyridine rings is 1. The molecule has 0 N–H and O–H groups in total. The van der Waals surface area contributed by atoms with Crippen LogP contribution in [0.2, 0.25) is 0 Å². The van der Waals surface area contributed by atoms with Crippen LogP contribution in [0.3, 0.4) is 0 Å². The molecule has 0 unspecified atom stereocenters. The van der Waals surface area contributed by atoms with Gasteiger partial charge < -0.3 is 9.64 Å². The van der Waals surface area contributed by atoms with Gasteiger partial charge in [-0.3, -0.25) is 4.98 Å². The number of nitrogens with zero attached hydrogens (tertiary/aromatic N) is 2. The molecule has 1 aromatic carbocycles. The Labute approximate surface area is 170 Å². The zero-order chi connectivity index (χ0) is 19.6. The first-order valence-electron chi connectivity index (χ1n) is 11.1. The minimum absolute atomic E-state index is 0.829. The first-order valence-corrected chi connectivity index (χ1v) is 11.1. The summed E-state index contributed by atoms with van der Waals surface area (Å²) < 4.78 is 5.45. The van der Waals surface area contributed by atoms with E-state index in [1.807, 2.05) is 18.3 Å². The van der Waals surface area contributed by atoms with Gasteiger partial charge in [0.05, 0.1) is 7.11 Å². The fourth-order valence-electron chi connectivity index (χ4n) is 4.25. The summed E-state index contributed by atoms with van der Waals surface area (Å²) in [4.78, 5) is 7.17. The molecule has 0 atom stereocenters.